The van der Waals surface area contributed by atoms with E-state index in [0.29, 0.717) is 51.0 Å². The number of hydrogen-bond donors (Lipinski definition) is 2. The van der Waals surface area contributed by atoms with Gasteiger partial charge in [0.1, 0.15) is 11.6 Å². The van der Waals surface area contributed by atoms with E-state index >= 15 is 0 Å². The third-order valence-electron chi connectivity index (χ3n) is 5.24. The zero-order valence-corrected chi connectivity index (χ0v) is 19.1. The molecule has 3 heterocycles. The van der Waals surface area contributed by atoms with Crippen LogP contribution in [0.25, 0.3) is 16.9 Å². The summed E-state index contributed by atoms with van der Waals surface area (Å²) in [6, 6.07) is 9.61. The molecule has 0 fully saturated rings. The van der Waals surface area contributed by atoms with Gasteiger partial charge in [-0.15, -0.1) is 0 Å². The topological polar surface area (TPSA) is 111 Å². The minimum Gasteiger partial charge on any atom is -0.497 e. The van der Waals surface area contributed by atoms with E-state index in [-0.39, 0.29) is 18.4 Å². The van der Waals surface area contributed by atoms with Gasteiger partial charge in [0.2, 0.25) is 5.91 Å². The van der Waals surface area contributed by atoms with Gasteiger partial charge in [0.25, 0.3) is 5.91 Å². The Balaban J connectivity index is 1.62. The average Bonchev–Trinajstić information content (AvgIpc) is 3.19. The lowest BCUT2D eigenvalue weighted by molar-refractivity contribution is -0.114. The number of aromatic nitrogens is 4. The number of anilines is 1. The van der Waals surface area contributed by atoms with Gasteiger partial charge in [0.15, 0.2) is 11.5 Å². The minimum absolute atomic E-state index is 0.00428. The highest BCUT2D eigenvalue weighted by Gasteiger charge is 2.17. The van der Waals surface area contributed by atoms with Gasteiger partial charge in [-0.25, -0.2) is 13.9 Å². The Morgan fingerprint density at radius 3 is 2.62 bits per heavy atom. The number of aryl methyl sites for hydroxylation is 2. The molecule has 4 rings (SSSR count). The van der Waals surface area contributed by atoms with Crippen LogP contribution >= 0.6 is 0 Å². The SMILES string of the molecule is COc1ccc(F)c(CNC(=O)c2cc(-c3ccc4nc(NC(C)=O)cn4n3)c(C)nc2C)c1. The van der Waals surface area contributed by atoms with Crippen LogP contribution in [0.4, 0.5) is 10.2 Å². The van der Waals surface area contributed by atoms with Crippen molar-refractivity contribution >= 4 is 23.3 Å². The first-order valence-electron chi connectivity index (χ1n) is 10.5. The van der Waals surface area contributed by atoms with Crippen LogP contribution in [0.3, 0.4) is 0 Å². The summed E-state index contributed by atoms with van der Waals surface area (Å²) in [5.41, 5.74) is 3.72. The molecule has 1 aromatic carbocycles. The summed E-state index contributed by atoms with van der Waals surface area (Å²) in [6.45, 7) is 4.97. The first-order chi connectivity index (χ1) is 16.2. The van der Waals surface area contributed by atoms with E-state index in [1.807, 2.05) is 6.92 Å². The van der Waals surface area contributed by atoms with Crippen LogP contribution in [-0.2, 0) is 11.3 Å². The number of carbonyl (C=O) groups excluding carboxylic acids is 2. The maximum absolute atomic E-state index is 14.1. The second-order valence-corrected chi connectivity index (χ2v) is 7.72. The quantitative estimate of drug-likeness (QED) is 0.454. The fourth-order valence-corrected chi connectivity index (χ4v) is 3.56. The Labute approximate surface area is 195 Å². The maximum atomic E-state index is 14.1. The molecule has 0 unspecified atom stereocenters. The van der Waals surface area contributed by atoms with E-state index in [2.05, 4.69) is 25.7 Å². The van der Waals surface area contributed by atoms with Gasteiger partial charge < -0.3 is 15.4 Å². The number of rotatable bonds is 6. The number of benzene rings is 1. The molecule has 2 N–H and O–H groups in total. The lowest BCUT2D eigenvalue weighted by Crippen LogP contribution is -2.24. The van der Waals surface area contributed by atoms with E-state index in [0.717, 1.165) is 0 Å². The number of pyridine rings is 1. The number of nitrogens with zero attached hydrogens (tertiary/aromatic N) is 4. The number of fused-ring (bicyclic) bond motifs is 1. The lowest BCUT2D eigenvalue weighted by Gasteiger charge is -2.12. The largest absolute Gasteiger partial charge is 0.497 e. The van der Waals surface area contributed by atoms with Crippen LogP contribution in [0.2, 0.25) is 0 Å². The fraction of sp³-hybridized carbons (Fsp3) is 0.208. The zero-order chi connectivity index (χ0) is 24.4. The van der Waals surface area contributed by atoms with Crippen LogP contribution in [0, 0.1) is 19.7 Å². The number of imidazole rings is 1. The molecule has 0 saturated heterocycles. The molecule has 9 nitrogen and oxygen atoms in total. The molecular weight excluding hydrogens is 439 g/mol. The molecule has 4 aromatic rings. The van der Waals surface area contributed by atoms with E-state index in [9.17, 15) is 14.0 Å². The summed E-state index contributed by atoms with van der Waals surface area (Å²) in [4.78, 5) is 33.0. The lowest BCUT2D eigenvalue weighted by atomic mass is 10.0. The first kappa shape index (κ1) is 22.8. The number of ether oxygens (including phenoxy) is 1. The zero-order valence-electron chi connectivity index (χ0n) is 19.1. The van der Waals surface area contributed by atoms with Crippen molar-refractivity contribution in [2.75, 3.05) is 12.4 Å². The minimum atomic E-state index is -0.433. The van der Waals surface area contributed by atoms with Gasteiger partial charge in [-0.1, -0.05) is 0 Å². The standard InChI is InChI=1S/C24H23FN6O3/c1-13-18(21-7-8-23-29-22(28-15(3)32)12-31(23)30-21)10-19(14(2)27-13)24(33)26-11-16-9-17(34-4)5-6-20(16)25/h5-10,12H,11H2,1-4H3,(H,26,33)(H,28,32). The Hall–Kier alpha value is -4.34. The Kier molecular flexibility index (Phi) is 6.22. The smallest absolute Gasteiger partial charge is 0.253 e. The van der Waals surface area contributed by atoms with Crippen LogP contribution < -0.4 is 15.4 Å². The van der Waals surface area contributed by atoms with Crippen LogP contribution in [-0.4, -0.2) is 38.5 Å². The third-order valence-corrected chi connectivity index (χ3v) is 5.24. The Bertz CT molecular complexity index is 1420. The molecule has 0 atom stereocenters. The molecule has 0 radical (unpaired) electrons. The highest BCUT2D eigenvalue weighted by Crippen LogP contribution is 2.24. The van der Waals surface area contributed by atoms with E-state index < -0.39 is 5.82 Å². The van der Waals surface area contributed by atoms with Crippen molar-refractivity contribution in [2.24, 2.45) is 0 Å². The summed E-state index contributed by atoms with van der Waals surface area (Å²) in [7, 11) is 1.49. The number of hydrogen-bond acceptors (Lipinski definition) is 6. The third kappa shape index (κ3) is 4.70. The molecule has 174 valence electrons. The molecule has 2 amide bonds. The van der Waals surface area contributed by atoms with Gasteiger partial charge in [0, 0.05) is 30.3 Å². The van der Waals surface area contributed by atoms with Crippen molar-refractivity contribution < 1.29 is 18.7 Å². The van der Waals surface area contributed by atoms with E-state index in [4.69, 9.17) is 4.74 Å². The summed E-state index contributed by atoms with van der Waals surface area (Å²) < 4.78 is 20.8. The van der Waals surface area contributed by atoms with Crippen LogP contribution in [0.5, 0.6) is 5.75 Å². The Morgan fingerprint density at radius 2 is 1.88 bits per heavy atom. The predicted molar refractivity (Wildman–Crippen MR) is 124 cm³/mol. The Morgan fingerprint density at radius 1 is 1.09 bits per heavy atom. The molecule has 0 bridgehead atoms. The van der Waals surface area contributed by atoms with Crippen molar-refractivity contribution in [3.8, 4) is 17.0 Å². The highest BCUT2D eigenvalue weighted by atomic mass is 19.1. The number of halogens is 1. The number of nitrogens with one attached hydrogen (secondary N) is 2. The molecule has 0 aliphatic carbocycles. The van der Waals surface area contributed by atoms with Crippen molar-refractivity contribution in [1.29, 1.82) is 0 Å². The number of amides is 2. The first-order valence-corrected chi connectivity index (χ1v) is 10.5. The van der Waals surface area contributed by atoms with Crippen molar-refractivity contribution in [2.45, 2.75) is 27.3 Å². The molecule has 0 aliphatic rings. The summed E-state index contributed by atoms with van der Waals surface area (Å²) in [5.74, 6) is -0.154. The molecule has 3 aromatic heterocycles. The van der Waals surface area contributed by atoms with E-state index in [1.54, 1.807) is 41.9 Å². The molecular formula is C24H23FN6O3. The van der Waals surface area contributed by atoms with Crippen molar-refractivity contribution in [3.63, 3.8) is 0 Å². The molecule has 10 heteroatoms. The normalized spacial score (nSPS) is 10.9. The molecule has 0 saturated carbocycles. The van der Waals surface area contributed by atoms with Gasteiger partial charge >= 0.3 is 0 Å². The summed E-state index contributed by atoms with van der Waals surface area (Å²) in [5, 5.41) is 9.93. The van der Waals surface area contributed by atoms with Crippen molar-refractivity contribution in [3.05, 3.63) is 70.9 Å². The molecule has 0 spiro atoms. The molecule has 0 aliphatic heterocycles. The molecule has 34 heavy (non-hydrogen) atoms. The van der Waals surface area contributed by atoms with Gasteiger partial charge in [0.05, 0.1) is 30.3 Å². The maximum Gasteiger partial charge on any atom is 0.253 e. The second-order valence-electron chi connectivity index (χ2n) is 7.72. The van der Waals surface area contributed by atoms with Crippen LogP contribution in [0.15, 0.2) is 42.6 Å². The summed E-state index contributed by atoms with van der Waals surface area (Å²) in [6.07, 6.45) is 1.60. The second kappa shape index (κ2) is 9.26. The van der Waals surface area contributed by atoms with Crippen molar-refractivity contribution in [1.82, 2.24) is 24.9 Å². The highest BCUT2D eigenvalue weighted by molar-refractivity contribution is 5.96. The number of carbonyl (C=O) groups is 2. The van der Waals surface area contributed by atoms with Crippen LogP contribution in [0.1, 0.15) is 34.2 Å². The van der Waals surface area contributed by atoms with E-state index in [1.165, 1.54) is 26.2 Å². The average molecular weight is 462 g/mol. The number of methoxy groups -OCH3 is 1. The monoisotopic (exact) mass is 462 g/mol. The predicted octanol–water partition coefficient (Wildman–Crippen LogP) is 3.44. The van der Waals surface area contributed by atoms with Gasteiger partial charge in [-0.05, 0) is 50.2 Å². The summed E-state index contributed by atoms with van der Waals surface area (Å²) >= 11 is 0. The van der Waals surface area contributed by atoms with Gasteiger partial charge in [-0.2, -0.15) is 5.10 Å². The van der Waals surface area contributed by atoms with Gasteiger partial charge in [-0.3, -0.25) is 14.6 Å². The fourth-order valence-electron chi connectivity index (χ4n) is 3.56.